The average molecular weight is 354 g/mol. The molecule has 0 aliphatic heterocycles. The lowest BCUT2D eigenvalue weighted by atomic mass is 10.4. The van der Waals surface area contributed by atoms with Gasteiger partial charge in [0.25, 0.3) is 0 Å². The van der Waals surface area contributed by atoms with Gasteiger partial charge in [-0.3, -0.25) is 0 Å². The summed E-state index contributed by atoms with van der Waals surface area (Å²) in [5.74, 6) is 0. The van der Waals surface area contributed by atoms with Gasteiger partial charge in [-0.05, 0) is 36.0 Å². The van der Waals surface area contributed by atoms with Crippen molar-refractivity contribution in [3.05, 3.63) is 29.3 Å². The number of rotatable bonds is 2. The van der Waals surface area contributed by atoms with Crippen molar-refractivity contribution in [1.82, 2.24) is 0 Å². The minimum atomic E-state index is -1.86. The number of carbonyl (C=O) groups is 1. The highest BCUT2D eigenvalue weighted by Crippen LogP contribution is 2.36. The Morgan fingerprint density at radius 2 is 1.76 bits per heavy atom. The monoisotopic (exact) mass is 352 g/mol. The molecule has 0 heterocycles. The molecule has 0 bridgehead atoms. The van der Waals surface area contributed by atoms with Crippen LogP contribution in [0.1, 0.15) is 0 Å². The van der Waals surface area contributed by atoms with E-state index in [1.807, 2.05) is 0 Å². The first-order valence-corrected chi connectivity index (χ1v) is 6.90. The third-order valence-electron chi connectivity index (χ3n) is 1.47. The number of benzene rings is 1. The fourth-order valence-electron chi connectivity index (χ4n) is 0.774. The van der Waals surface area contributed by atoms with Crippen LogP contribution in [0.2, 0.25) is 5.02 Å². The second kappa shape index (κ2) is 6.60. The first-order chi connectivity index (χ1) is 7.79. The normalized spacial score (nSPS) is 13.2. The summed E-state index contributed by atoms with van der Waals surface area (Å²) in [6.45, 7) is 0. The molecule has 0 spiro atoms. The van der Waals surface area contributed by atoms with Gasteiger partial charge in [-0.1, -0.05) is 58.0 Å². The molecule has 0 aliphatic carbocycles. The van der Waals surface area contributed by atoms with E-state index in [9.17, 15) is 4.79 Å². The van der Waals surface area contributed by atoms with Crippen molar-refractivity contribution in [2.75, 3.05) is 0 Å². The van der Waals surface area contributed by atoms with Crippen LogP contribution in [0.4, 0.5) is 4.79 Å². The molecule has 0 aliphatic rings. The molecule has 0 radical (unpaired) electrons. The van der Waals surface area contributed by atoms with Crippen LogP contribution in [0.5, 0.6) is 0 Å². The number of thioether (sulfide) groups is 1. The summed E-state index contributed by atoms with van der Waals surface area (Å²) in [6.07, 6.45) is 0. The molecule has 8 heteroatoms. The number of halogens is 5. The lowest BCUT2D eigenvalue weighted by molar-refractivity contribution is 0.162. The molecule has 1 aromatic rings. The summed E-state index contributed by atoms with van der Waals surface area (Å²) in [6, 6.07) is 6.61. The van der Waals surface area contributed by atoms with Crippen molar-refractivity contribution < 1.29 is 9.53 Å². The summed E-state index contributed by atoms with van der Waals surface area (Å²) in [5.41, 5.74) is -1.35. The summed E-state index contributed by atoms with van der Waals surface area (Å²) in [5, 5.41) is -0.0992. The molecule has 17 heavy (non-hydrogen) atoms. The molecule has 0 N–H and O–H groups in total. The van der Waals surface area contributed by atoms with E-state index in [1.165, 1.54) is 0 Å². The highest BCUT2D eigenvalue weighted by atomic mass is 35.6. The fourth-order valence-corrected chi connectivity index (χ4v) is 1.78. The zero-order valence-electron chi connectivity index (χ0n) is 8.00. The summed E-state index contributed by atoms with van der Waals surface area (Å²) >= 11 is 28.4. The van der Waals surface area contributed by atoms with Crippen molar-refractivity contribution in [3.8, 4) is 0 Å². The first-order valence-electron chi connectivity index (χ1n) is 4.14. The van der Waals surface area contributed by atoms with Crippen LogP contribution in [0.25, 0.3) is 0 Å². The Bertz CT molecular complexity index is 389. The molecule has 0 fully saturated rings. The van der Waals surface area contributed by atoms with E-state index >= 15 is 0 Å². The number of hydrogen-bond acceptors (Lipinski definition) is 3. The van der Waals surface area contributed by atoms with Crippen LogP contribution in [0, 0.1) is 0 Å². The van der Waals surface area contributed by atoms with E-state index in [2.05, 4.69) is 0 Å². The third kappa shape index (κ3) is 5.77. The summed E-state index contributed by atoms with van der Waals surface area (Å²) < 4.78 is 2.85. The molecule has 0 saturated heterocycles. The van der Waals surface area contributed by atoms with Crippen molar-refractivity contribution in [1.29, 1.82) is 0 Å². The van der Waals surface area contributed by atoms with Gasteiger partial charge in [0.15, 0.2) is 0 Å². The fraction of sp³-hybridized carbons (Fsp3) is 0.222. The highest BCUT2D eigenvalue weighted by Gasteiger charge is 2.34. The molecule has 0 saturated carbocycles. The van der Waals surface area contributed by atoms with E-state index in [4.69, 9.17) is 62.7 Å². The maximum absolute atomic E-state index is 11.4. The zero-order chi connectivity index (χ0) is 13.1. The van der Waals surface area contributed by atoms with Crippen LogP contribution in [0.15, 0.2) is 29.2 Å². The van der Waals surface area contributed by atoms with Gasteiger partial charge < -0.3 is 4.74 Å². The number of hydrogen-bond donors (Lipinski definition) is 0. The third-order valence-corrected chi connectivity index (χ3v) is 3.84. The van der Waals surface area contributed by atoms with E-state index in [-0.39, 0.29) is 0 Å². The molecule has 1 rings (SSSR count). The Labute approximate surface area is 127 Å². The maximum atomic E-state index is 11.4. The Morgan fingerprint density at radius 1 is 1.24 bits per heavy atom. The van der Waals surface area contributed by atoms with Gasteiger partial charge in [0, 0.05) is 9.92 Å². The number of alkyl halides is 4. The number of ether oxygens (including phenoxy) is 1. The van der Waals surface area contributed by atoms with Gasteiger partial charge >= 0.3 is 5.30 Å². The first kappa shape index (κ1) is 15.5. The predicted octanol–water partition coefficient (Wildman–Crippen LogP) is 5.50. The Balaban J connectivity index is 2.53. The standard InChI is InChI=1S/C9H5Cl5O2S/c10-5-1-3-6(4-2-5)17-8(15)16-7(11)9(12,13)14/h1-4,7H/t7-/m1/s1. The highest BCUT2D eigenvalue weighted by molar-refractivity contribution is 8.13. The van der Waals surface area contributed by atoms with Crippen LogP contribution in [-0.4, -0.2) is 14.7 Å². The summed E-state index contributed by atoms with van der Waals surface area (Å²) in [4.78, 5) is 12.0. The molecular weight excluding hydrogens is 349 g/mol. The number of carbonyl (C=O) groups excluding carboxylic acids is 1. The molecule has 1 aromatic carbocycles. The lowest BCUT2D eigenvalue weighted by Crippen LogP contribution is -2.24. The second-order valence-electron chi connectivity index (χ2n) is 2.78. The minimum absolute atomic E-state index is 0.569. The van der Waals surface area contributed by atoms with Crippen molar-refractivity contribution >= 4 is 75.1 Å². The quantitative estimate of drug-likeness (QED) is 0.398. The molecule has 0 unspecified atom stereocenters. The second-order valence-corrected chi connectivity index (χ2v) is 6.99. The topological polar surface area (TPSA) is 26.3 Å². The smallest absolute Gasteiger partial charge is 0.373 e. The van der Waals surface area contributed by atoms with Gasteiger partial charge in [-0.15, -0.1) is 0 Å². The van der Waals surface area contributed by atoms with Gasteiger partial charge in [0.1, 0.15) is 0 Å². The van der Waals surface area contributed by atoms with Crippen molar-refractivity contribution in [2.45, 2.75) is 14.3 Å². The van der Waals surface area contributed by atoms with Crippen LogP contribution in [0.3, 0.4) is 0 Å². The Hall–Kier alpha value is 0.490. The van der Waals surface area contributed by atoms with Gasteiger partial charge in [-0.2, -0.15) is 0 Å². The molecule has 2 nitrogen and oxygen atoms in total. The van der Waals surface area contributed by atoms with E-state index in [0.29, 0.717) is 9.92 Å². The molecule has 94 valence electrons. The van der Waals surface area contributed by atoms with Crippen LogP contribution >= 0.6 is 69.8 Å². The molecule has 0 aromatic heterocycles. The summed E-state index contributed by atoms with van der Waals surface area (Å²) in [7, 11) is 0. The molecular formula is C9H5Cl5O2S. The SMILES string of the molecule is O=C(O[C@@H](Cl)C(Cl)(Cl)Cl)Sc1ccc(Cl)cc1. The van der Waals surface area contributed by atoms with E-state index in [0.717, 1.165) is 11.8 Å². The maximum Gasteiger partial charge on any atom is 0.373 e. The Morgan fingerprint density at radius 3 is 2.24 bits per heavy atom. The van der Waals surface area contributed by atoms with Gasteiger partial charge in [-0.25, -0.2) is 4.79 Å². The predicted molar refractivity (Wildman–Crippen MR) is 73.7 cm³/mol. The van der Waals surface area contributed by atoms with Crippen molar-refractivity contribution in [2.24, 2.45) is 0 Å². The van der Waals surface area contributed by atoms with E-state index in [1.54, 1.807) is 24.3 Å². The van der Waals surface area contributed by atoms with Crippen LogP contribution in [-0.2, 0) is 4.74 Å². The lowest BCUT2D eigenvalue weighted by Gasteiger charge is -2.17. The largest absolute Gasteiger partial charge is 0.433 e. The Kier molecular flexibility index (Phi) is 6.03. The van der Waals surface area contributed by atoms with Crippen molar-refractivity contribution in [3.63, 3.8) is 0 Å². The minimum Gasteiger partial charge on any atom is -0.433 e. The molecule has 0 amide bonds. The van der Waals surface area contributed by atoms with Gasteiger partial charge in [0.05, 0.1) is 0 Å². The van der Waals surface area contributed by atoms with Crippen LogP contribution < -0.4 is 0 Å². The van der Waals surface area contributed by atoms with E-state index < -0.39 is 14.7 Å². The molecule has 1 atom stereocenters. The zero-order valence-corrected chi connectivity index (χ0v) is 12.6. The van der Waals surface area contributed by atoms with Gasteiger partial charge in [0.2, 0.25) is 9.36 Å². The average Bonchev–Trinajstić information content (AvgIpc) is 2.20.